The van der Waals surface area contributed by atoms with Crippen LogP contribution in [0.3, 0.4) is 0 Å². The van der Waals surface area contributed by atoms with Crippen LogP contribution in [-0.2, 0) is 4.84 Å². The minimum atomic E-state index is -0.303. The minimum absolute atomic E-state index is 0. The monoisotopic (exact) mass is 307 g/mol. The van der Waals surface area contributed by atoms with Crippen molar-refractivity contribution in [2.75, 3.05) is 6.61 Å². The van der Waals surface area contributed by atoms with Gasteiger partial charge in [0.2, 0.25) is 5.96 Å². The molecule has 0 aliphatic rings. The Morgan fingerprint density at radius 3 is 2.71 bits per heavy atom. The molecule has 5 nitrogen and oxygen atoms in total. The standard InChI is InChI=1S/C15H17N3O2.ClH/c1-2-10-20-18-15(16)17-14(19)13-9-5-7-11-6-3-4-8-12(11)13;/h3-9H,2,10H2,1H3,(H3,16,17,18,19);1H. The molecule has 0 unspecified atom stereocenters. The molecule has 2 aromatic rings. The zero-order chi connectivity index (χ0) is 14.4. The third-order valence-corrected chi connectivity index (χ3v) is 2.73. The van der Waals surface area contributed by atoms with E-state index in [-0.39, 0.29) is 24.3 Å². The molecule has 0 saturated heterocycles. The van der Waals surface area contributed by atoms with Crippen LogP contribution in [0.5, 0.6) is 0 Å². The number of guanidine groups is 1. The van der Waals surface area contributed by atoms with Crippen LogP contribution in [0, 0.1) is 0 Å². The second kappa shape index (κ2) is 8.11. The number of oxime groups is 1. The fourth-order valence-corrected chi connectivity index (χ4v) is 1.84. The molecule has 21 heavy (non-hydrogen) atoms. The zero-order valence-corrected chi connectivity index (χ0v) is 12.5. The molecule has 0 saturated carbocycles. The number of nitrogens with zero attached hydrogens (tertiary/aromatic N) is 1. The number of benzene rings is 2. The lowest BCUT2D eigenvalue weighted by molar-refractivity contribution is 0.0972. The Balaban J connectivity index is 0.00000220. The third kappa shape index (κ3) is 4.36. The summed E-state index contributed by atoms with van der Waals surface area (Å²) >= 11 is 0. The highest BCUT2D eigenvalue weighted by Gasteiger charge is 2.10. The predicted octanol–water partition coefficient (Wildman–Crippen LogP) is 2.65. The number of carbonyl (C=O) groups is 1. The maximum absolute atomic E-state index is 12.2. The Morgan fingerprint density at radius 2 is 1.95 bits per heavy atom. The Hall–Kier alpha value is -2.27. The fourth-order valence-electron chi connectivity index (χ4n) is 1.84. The molecule has 0 spiro atoms. The van der Waals surface area contributed by atoms with E-state index in [9.17, 15) is 4.79 Å². The molecule has 3 N–H and O–H groups in total. The molecule has 1 amide bonds. The van der Waals surface area contributed by atoms with Gasteiger partial charge in [-0.15, -0.1) is 12.4 Å². The molecular formula is C15H18ClN3O2. The first kappa shape index (κ1) is 16.8. The molecule has 0 fully saturated rings. The summed E-state index contributed by atoms with van der Waals surface area (Å²) in [5, 5.41) is 8.00. The van der Waals surface area contributed by atoms with Crippen molar-refractivity contribution in [2.45, 2.75) is 13.3 Å². The zero-order valence-electron chi connectivity index (χ0n) is 11.7. The molecule has 0 atom stereocenters. The molecule has 0 heterocycles. The summed E-state index contributed by atoms with van der Waals surface area (Å²) in [7, 11) is 0. The lowest BCUT2D eigenvalue weighted by atomic mass is 10.0. The van der Waals surface area contributed by atoms with Crippen molar-refractivity contribution in [3.63, 3.8) is 0 Å². The van der Waals surface area contributed by atoms with E-state index in [1.807, 2.05) is 43.3 Å². The van der Waals surface area contributed by atoms with E-state index in [2.05, 4.69) is 10.5 Å². The van der Waals surface area contributed by atoms with Gasteiger partial charge in [0.1, 0.15) is 6.61 Å². The number of amides is 1. The van der Waals surface area contributed by atoms with Crippen molar-refractivity contribution in [3.05, 3.63) is 48.0 Å². The quantitative estimate of drug-likeness (QED) is 0.394. The molecule has 0 radical (unpaired) electrons. The number of halogens is 1. The topological polar surface area (TPSA) is 76.7 Å². The van der Waals surface area contributed by atoms with E-state index >= 15 is 0 Å². The number of nitrogens with one attached hydrogen (secondary N) is 1. The lowest BCUT2D eigenvalue weighted by Gasteiger charge is -2.07. The van der Waals surface area contributed by atoms with Crippen molar-refractivity contribution in [2.24, 2.45) is 10.9 Å². The van der Waals surface area contributed by atoms with Gasteiger partial charge in [-0.3, -0.25) is 10.1 Å². The second-order valence-electron chi connectivity index (χ2n) is 4.29. The lowest BCUT2D eigenvalue weighted by Crippen LogP contribution is -2.37. The molecule has 2 rings (SSSR count). The summed E-state index contributed by atoms with van der Waals surface area (Å²) in [5.74, 6) is -0.348. The normalized spacial score (nSPS) is 10.8. The highest BCUT2D eigenvalue weighted by atomic mass is 35.5. The molecular weight excluding hydrogens is 290 g/mol. The first-order valence-corrected chi connectivity index (χ1v) is 6.47. The van der Waals surface area contributed by atoms with E-state index in [0.29, 0.717) is 12.2 Å². The van der Waals surface area contributed by atoms with Gasteiger partial charge in [0.05, 0.1) is 0 Å². The van der Waals surface area contributed by atoms with Crippen LogP contribution in [0.1, 0.15) is 23.7 Å². The van der Waals surface area contributed by atoms with Gasteiger partial charge in [-0.2, -0.15) is 0 Å². The van der Waals surface area contributed by atoms with Crippen molar-refractivity contribution >= 4 is 35.0 Å². The number of nitrogens with two attached hydrogens (primary N) is 1. The van der Waals surface area contributed by atoms with Gasteiger partial charge in [-0.25, -0.2) is 0 Å². The Kier molecular flexibility index (Phi) is 6.49. The van der Waals surface area contributed by atoms with Crippen LogP contribution < -0.4 is 11.1 Å². The number of fused-ring (bicyclic) bond motifs is 1. The van der Waals surface area contributed by atoms with Crippen molar-refractivity contribution in [1.29, 1.82) is 0 Å². The summed E-state index contributed by atoms with van der Waals surface area (Å²) in [6, 6.07) is 13.2. The number of carbonyl (C=O) groups excluding carboxylic acids is 1. The van der Waals surface area contributed by atoms with E-state index in [0.717, 1.165) is 17.2 Å². The number of rotatable bonds is 4. The first-order valence-electron chi connectivity index (χ1n) is 6.47. The van der Waals surface area contributed by atoms with E-state index in [4.69, 9.17) is 10.6 Å². The highest BCUT2D eigenvalue weighted by Crippen LogP contribution is 2.18. The molecule has 0 bridgehead atoms. The summed E-state index contributed by atoms with van der Waals surface area (Å²) in [6.07, 6.45) is 0.827. The van der Waals surface area contributed by atoms with Crippen molar-refractivity contribution in [1.82, 2.24) is 5.32 Å². The summed E-state index contributed by atoms with van der Waals surface area (Å²) in [6.45, 7) is 2.42. The Bertz CT molecular complexity index is 638. The molecule has 0 aliphatic heterocycles. The summed E-state index contributed by atoms with van der Waals surface area (Å²) in [5.41, 5.74) is 6.14. The van der Waals surface area contributed by atoms with Crippen LogP contribution in [-0.4, -0.2) is 18.5 Å². The van der Waals surface area contributed by atoms with Gasteiger partial charge in [0, 0.05) is 5.56 Å². The predicted molar refractivity (Wildman–Crippen MR) is 86.5 cm³/mol. The fraction of sp³-hybridized carbons (Fsp3) is 0.200. The largest absolute Gasteiger partial charge is 0.393 e. The smallest absolute Gasteiger partial charge is 0.258 e. The van der Waals surface area contributed by atoms with E-state index in [1.54, 1.807) is 6.07 Å². The average molecular weight is 308 g/mol. The van der Waals surface area contributed by atoms with Crippen molar-refractivity contribution in [3.8, 4) is 0 Å². The van der Waals surface area contributed by atoms with Crippen LogP contribution in [0.25, 0.3) is 10.8 Å². The van der Waals surface area contributed by atoms with Gasteiger partial charge in [-0.1, -0.05) is 43.3 Å². The first-order chi connectivity index (χ1) is 9.72. The Labute approximate surface area is 129 Å². The molecule has 2 aromatic carbocycles. The SMILES string of the molecule is CCCON=C(N)NC(=O)c1cccc2ccccc12.Cl. The molecule has 0 aliphatic carbocycles. The van der Waals surface area contributed by atoms with E-state index in [1.165, 1.54) is 0 Å². The van der Waals surface area contributed by atoms with Crippen LogP contribution in [0.15, 0.2) is 47.6 Å². The van der Waals surface area contributed by atoms with Crippen LogP contribution >= 0.6 is 12.4 Å². The minimum Gasteiger partial charge on any atom is -0.393 e. The van der Waals surface area contributed by atoms with Crippen LogP contribution in [0.2, 0.25) is 0 Å². The van der Waals surface area contributed by atoms with E-state index < -0.39 is 0 Å². The van der Waals surface area contributed by atoms with Gasteiger partial charge >= 0.3 is 0 Å². The molecule has 112 valence electrons. The highest BCUT2D eigenvalue weighted by molar-refractivity contribution is 6.12. The summed E-state index contributed by atoms with van der Waals surface area (Å²) in [4.78, 5) is 17.1. The van der Waals surface area contributed by atoms with Gasteiger partial charge in [0.25, 0.3) is 5.91 Å². The maximum Gasteiger partial charge on any atom is 0.258 e. The van der Waals surface area contributed by atoms with Gasteiger partial charge < -0.3 is 10.6 Å². The third-order valence-electron chi connectivity index (χ3n) is 2.73. The Morgan fingerprint density at radius 1 is 1.24 bits per heavy atom. The summed E-state index contributed by atoms with van der Waals surface area (Å²) < 4.78 is 0. The van der Waals surface area contributed by atoms with Gasteiger partial charge in [-0.05, 0) is 28.4 Å². The number of hydrogen-bond donors (Lipinski definition) is 2. The van der Waals surface area contributed by atoms with Gasteiger partial charge in [0.15, 0.2) is 0 Å². The number of hydrogen-bond acceptors (Lipinski definition) is 3. The maximum atomic E-state index is 12.2. The average Bonchev–Trinajstić information content (AvgIpc) is 2.47. The molecule has 0 aromatic heterocycles. The second-order valence-corrected chi connectivity index (χ2v) is 4.29. The van der Waals surface area contributed by atoms with Crippen LogP contribution in [0.4, 0.5) is 0 Å². The van der Waals surface area contributed by atoms with Crippen molar-refractivity contribution < 1.29 is 9.63 Å². The molecule has 6 heteroatoms.